The highest BCUT2D eigenvalue weighted by Gasteiger charge is 2.18. The van der Waals surface area contributed by atoms with Crippen LogP contribution < -0.4 is 16.4 Å². The second kappa shape index (κ2) is 9.09. The fraction of sp³-hybridized carbons (Fsp3) is 0.120. The van der Waals surface area contributed by atoms with E-state index in [9.17, 15) is 0 Å². The molecule has 4 N–H and O–H groups in total. The van der Waals surface area contributed by atoms with Crippen molar-refractivity contribution < 1.29 is 0 Å². The highest BCUT2D eigenvalue weighted by atomic mass is 15.1. The number of nitrogens with one attached hydrogen (secondary N) is 2. The van der Waals surface area contributed by atoms with E-state index >= 15 is 0 Å². The van der Waals surface area contributed by atoms with E-state index in [4.69, 9.17) is 5.73 Å². The van der Waals surface area contributed by atoms with Crippen LogP contribution in [0.2, 0.25) is 0 Å². The zero-order valence-corrected chi connectivity index (χ0v) is 16.9. The first-order valence-electron chi connectivity index (χ1n) is 10.0. The van der Waals surface area contributed by atoms with Gasteiger partial charge in [0.15, 0.2) is 11.6 Å². The molecule has 5 nitrogen and oxygen atoms in total. The Balaban J connectivity index is 1.62. The zero-order valence-electron chi connectivity index (χ0n) is 16.9. The average Bonchev–Trinajstić information content (AvgIpc) is 2.81. The van der Waals surface area contributed by atoms with Gasteiger partial charge in [-0.05, 0) is 23.6 Å². The number of rotatable bonds is 7. The van der Waals surface area contributed by atoms with Crippen LogP contribution in [0.15, 0.2) is 97.3 Å². The predicted molar refractivity (Wildman–Crippen MR) is 123 cm³/mol. The number of anilines is 3. The molecule has 1 atom stereocenters. The minimum Gasteiger partial charge on any atom is -0.393 e. The van der Waals surface area contributed by atoms with Crippen LogP contribution in [-0.2, 0) is 0 Å². The fourth-order valence-corrected chi connectivity index (χ4v) is 3.44. The zero-order chi connectivity index (χ0) is 20.8. The Morgan fingerprint density at radius 2 is 1.07 bits per heavy atom. The van der Waals surface area contributed by atoms with Gasteiger partial charge in [0.25, 0.3) is 0 Å². The molecule has 0 saturated carbocycles. The number of nitrogens with zero attached hydrogens (tertiary/aromatic N) is 2. The molecule has 150 valence electrons. The van der Waals surface area contributed by atoms with Crippen LogP contribution in [-0.4, -0.2) is 9.97 Å². The first-order chi connectivity index (χ1) is 14.7. The standard InChI is InChI=1S/C25H25N5/c1-18(19-11-5-2-6-12-19)29-24-22(26)25(28-17-27-24)30-23(20-13-7-3-8-14-20)21-15-9-4-10-16-21/h2-18,23H,26H2,1H3,(H2,27,28,29,30). The van der Waals surface area contributed by atoms with Crippen LogP contribution >= 0.6 is 0 Å². The molecule has 5 heteroatoms. The summed E-state index contributed by atoms with van der Waals surface area (Å²) in [5.41, 5.74) is 10.4. The smallest absolute Gasteiger partial charge is 0.155 e. The summed E-state index contributed by atoms with van der Waals surface area (Å²) < 4.78 is 0. The highest BCUT2D eigenvalue weighted by molar-refractivity contribution is 5.75. The first kappa shape index (κ1) is 19.5. The van der Waals surface area contributed by atoms with Gasteiger partial charge in [-0.25, -0.2) is 9.97 Å². The van der Waals surface area contributed by atoms with E-state index in [1.165, 1.54) is 6.33 Å². The molecule has 0 fully saturated rings. The number of benzene rings is 3. The maximum Gasteiger partial charge on any atom is 0.155 e. The van der Waals surface area contributed by atoms with Crippen molar-refractivity contribution in [2.75, 3.05) is 16.4 Å². The van der Waals surface area contributed by atoms with E-state index in [1.54, 1.807) is 0 Å². The quantitative estimate of drug-likeness (QED) is 0.389. The fourth-order valence-electron chi connectivity index (χ4n) is 3.44. The molecular formula is C25H25N5. The van der Waals surface area contributed by atoms with Gasteiger partial charge >= 0.3 is 0 Å². The van der Waals surface area contributed by atoms with E-state index in [1.807, 2.05) is 54.6 Å². The Labute approximate surface area is 177 Å². The molecular weight excluding hydrogens is 370 g/mol. The lowest BCUT2D eigenvalue weighted by Gasteiger charge is -2.23. The van der Waals surface area contributed by atoms with Gasteiger partial charge in [-0.3, -0.25) is 0 Å². The lowest BCUT2D eigenvalue weighted by molar-refractivity contribution is 0.870. The summed E-state index contributed by atoms with van der Waals surface area (Å²) in [6.07, 6.45) is 1.53. The largest absolute Gasteiger partial charge is 0.393 e. The van der Waals surface area contributed by atoms with Gasteiger partial charge in [0.05, 0.1) is 12.1 Å². The van der Waals surface area contributed by atoms with Crippen molar-refractivity contribution >= 4 is 17.3 Å². The SMILES string of the molecule is CC(Nc1ncnc(NC(c2ccccc2)c2ccccc2)c1N)c1ccccc1. The van der Waals surface area contributed by atoms with Crippen LogP contribution in [0.1, 0.15) is 35.7 Å². The van der Waals surface area contributed by atoms with Crippen LogP contribution in [0.3, 0.4) is 0 Å². The normalized spacial score (nSPS) is 11.8. The summed E-state index contributed by atoms with van der Waals surface area (Å²) in [5.74, 6) is 1.22. The van der Waals surface area contributed by atoms with Crippen LogP contribution in [0.4, 0.5) is 17.3 Å². The molecule has 0 aliphatic carbocycles. The molecule has 1 aromatic heterocycles. The molecule has 1 heterocycles. The minimum atomic E-state index is -0.0796. The highest BCUT2D eigenvalue weighted by Crippen LogP contribution is 2.31. The Morgan fingerprint density at radius 3 is 1.57 bits per heavy atom. The maximum absolute atomic E-state index is 6.46. The van der Waals surface area contributed by atoms with Crippen molar-refractivity contribution in [3.8, 4) is 0 Å². The molecule has 0 spiro atoms. The van der Waals surface area contributed by atoms with E-state index in [2.05, 4.69) is 63.9 Å². The summed E-state index contributed by atoms with van der Waals surface area (Å²) in [7, 11) is 0. The lowest BCUT2D eigenvalue weighted by Crippen LogP contribution is -2.16. The molecule has 4 aromatic rings. The Morgan fingerprint density at radius 1 is 0.633 bits per heavy atom. The number of aromatic nitrogens is 2. The van der Waals surface area contributed by atoms with Crippen molar-refractivity contribution in [2.45, 2.75) is 19.0 Å². The Bertz CT molecular complexity index is 1030. The van der Waals surface area contributed by atoms with Gasteiger partial charge in [-0.15, -0.1) is 0 Å². The molecule has 0 amide bonds. The van der Waals surface area contributed by atoms with Crippen molar-refractivity contribution in [2.24, 2.45) is 0 Å². The van der Waals surface area contributed by atoms with E-state index in [-0.39, 0.29) is 12.1 Å². The predicted octanol–water partition coefficient (Wildman–Crippen LogP) is 5.43. The van der Waals surface area contributed by atoms with Gasteiger partial charge in [-0.1, -0.05) is 91.0 Å². The Kier molecular flexibility index (Phi) is 5.90. The topological polar surface area (TPSA) is 75.9 Å². The van der Waals surface area contributed by atoms with Crippen molar-refractivity contribution in [1.82, 2.24) is 9.97 Å². The summed E-state index contributed by atoms with van der Waals surface area (Å²) in [6.45, 7) is 2.08. The van der Waals surface area contributed by atoms with Crippen LogP contribution in [0.25, 0.3) is 0 Å². The summed E-state index contributed by atoms with van der Waals surface area (Å²) in [5, 5.41) is 6.92. The molecule has 30 heavy (non-hydrogen) atoms. The summed E-state index contributed by atoms with van der Waals surface area (Å²) >= 11 is 0. The number of nitrogens with two attached hydrogens (primary N) is 1. The molecule has 0 saturated heterocycles. The molecule has 1 unspecified atom stereocenters. The average molecular weight is 396 g/mol. The van der Waals surface area contributed by atoms with Gasteiger partial charge in [-0.2, -0.15) is 0 Å². The Hall–Kier alpha value is -3.86. The molecule has 0 bridgehead atoms. The summed E-state index contributed by atoms with van der Waals surface area (Å²) in [6, 6.07) is 30.7. The van der Waals surface area contributed by atoms with Gasteiger partial charge in [0, 0.05) is 0 Å². The lowest BCUT2D eigenvalue weighted by atomic mass is 9.99. The third-order valence-electron chi connectivity index (χ3n) is 5.08. The molecule has 3 aromatic carbocycles. The second-order valence-electron chi connectivity index (χ2n) is 7.16. The molecule has 0 radical (unpaired) electrons. The van der Waals surface area contributed by atoms with Gasteiger partial charge in [0.2, 0.25) is 0 Å². The number of hydrogen-bond acceptors (Lipinski definition) is 5. The van der Waals surface area contributed by atoms with Crippen molar-refractivity contribution in [1.29, 1.82) is 0 Å². The van der Waals surface area contributed by atoms with E-state index in [0.717, 1.165) is 16.7 Å². The van der Waals surface area contributed by atoms with Crippen molar-refractivity contribution in [3.63, 3.8) is 0 Å². The van der Waals surface area contributed by atoms with Gasteiger partial charge in [0.1, 0.15) is 12.0 Å². The number of nitrogen functional groups attached to an aromatic ring is 1. The van der Waals surface area contributed by atoms with Crippen molar-refractivity contribution in [3.05, 3.63) is 114 Å². The van der Waals surface area contributed by atoms with Crippen LogP contribution in [0, 0.1) is 0 Å². The third-order valence-corrected chi connectivity index (χ3v) is 5.08. The second-order valence-corrected chi connectivity index (χ2v) is 7.16. The molecule has 0 aliphatic rings. The molecule has 0 aliphatic heterocycles. The first-order valence-corrected chi connectivity index (χ1v) is 10.0. The summed E-state index contributed by atoms with van der Waals surface area (Å²) in [4.78, 5) is 8.79. The number of hydrogen-bond donors (Lipinski definition) is 3. The minimum absolute atomic E-state index is 0.0651. The molecule has 4 rings (SSSR count). The van der Waals surface area contributed by atoms with Gasteiger partial charge < -0.3 is 16.4 Å². The van der Waals surface area contributed by atoms with Crippen LogP contribution in [0.5, 0.6) is 0 Å². The van der Waals surface area contributed by atoms with E-state index < -0.39 is 0 Å². The third kappa shape index (κ3) is 4.41. The monoisotopic (exact) mass is 395 g/mol. The van der Waals surface area contributed by atoms with E-state index in [0.29, 0.717) is 17.3 Å². The maximum atomic E-state index is 6.46.